The number of hydrogen-bond acceptors (Lipinski definition) is 5. The first kappa shape index (κ1) is 21.0. The Morgan fingerprint density at radius 2 is 1.76 bits per heavy atom. The van der Waals surface area contributed by atoms with E-state index in [0.717, 1.165) is 25.7 Å². The fourth-order valence-corrected chi connectivity index (χ4v) is 4.60. The number of thiophene rings is 1. The molecule has 1 heterocycles. The van der Waals surface area contributed by atoms with Crippen LogP contribution in [-0.4, -0.2) is 30.9 Å². The minimum atomic E-state index is -0.494. The zero-order valence-electron chi connectivity index (χ0n) is 16.4. The molecule has 1 aliphatic rings. The van der Waals surface area contributed by atoms with Crippen LogP contribution in [-0.2, 0) is 27.2 Å². The van der Waals surface area contributed by atoms with Gasteiger partial charge in [0.05, 0.1) is 0 Å². The van der Waals surface area contributed by atoms with Gasteiger partial charge in [-0.25, -0.2) is 4.79 Å². The first-order valence-corrected chi connectivity index (χ1v) is 10.8. The van der Waals surface area contributed by atoms with Crippen LogP contribution in [0.5, 0.6) is 0 Å². The SMILES string of the molecule is NC(=O)CCN(C(=O)COC(=O)c1cc2c(s1)CCCCCC2)c1ccccc1. The zero-order valence-corrected chi connectivity index (χ0v) is 17.2. The fraction of sp³-hybridized carbons (Fsp3) is 0.409. The van der Waals surface area contributed by atoms with Crippen LogP contribution in [0.4, 0.5) is 5.69 Å². The molecular weight excluding hydrogens is 388 g/mol. The normalized spacial score (nSPS) is 13.7. The van der Waals surface area contributed by atoms with Gasteiger partial charge in [-0.3, -0.25) is 9.59 Å². The van der Waals surface area contributed by atoms with E-state index in [2.05, 4.69) is 0 Å². The van der Waals surface area contributed by atoms with Crippen LogP contribution in [0.3, 0.4) is 0 Å². The van der Waals surface area contributed by atoms with E-state index in [1.165, 1.54) is 39.5 Å². The molecule has 0 bridgehead atoms. The molecule has 0 saturated heterocycles. The van der Waals surface area contributed by atoms with Crippen LogP contribution in [0.1, 0.15) is 52.2 Å². The molecule has 29 heavy (non-hydrogen) atoms. The highest BCUT2D eigenvalue weighted by Gasteiger charge is 2.21. The van der Waals surface area contributed by atoms with E-state index in [0.29, 0.717) is 10.6 Å². The molecule has 3 rings (SSSR count). The minimum Gasteiger partial charge on any atom is -0.451 e. The Morgan fingerprint density at radius 3 is 2.48 bits per heavy atom. The van der Waals surface area contributed by atoms with Crippen molar-refractivity contribution >= 4 is 34.8 Å². The molecule has 1 aliphatic carbocycles. The number of primary amides is 1. The molecule has 6 nitrogen and oxygen atoms in total. The van der Waals surface area contributed by atoms with Crippen LogP contribution in [0.15, 0.2) is 36.4 Å². The Bertz CT molecular complexity index is 837. The fourth-order valence-electron chi connectivity index (χ4n) is 3.45. The molecule has 0 radical (unpaired) electrons. The number of ether oxygens (including phenoxy) is 1. The van der Waals surface area contributed by atoms with Crippen molar-refractivity contribution in [3.63, 3.8) is 0 Å². The summed E-state index contributed by atoms with van der Waals surface area (Å²) in [4.78, 5) is 39.6. The lowest BCUT2D eigenvalue weighted by molar-refractivity contribution is -0.121. The molecule has 2 N–H and O–H groups in total. The zero-order chi connectivity index (χ0) is 20.6. The molecule has 0 aliphatic heterocycles. The third kappa shape index (κ3) is 5.90. The summed E-state index contributed by atoms with van der Waals surface area (Å²) in [7, 11) is 0. The second-order valence-corrected chi connectivity index (χ2v) is 8.28. The van der Waals surface area contributed by atoms with Crippen molar-refractivity contribution in [1.82, 2.24) is 0 Å². The number of anilines is 1. The summed E-state index contributed by atoms with van der Waals surface area (Å²) >= 11 is 1.48. The van der Waals surface area contributed by atoms with Crippen molar-refractivity contribution < 1.29 is 19.1 Å². The van der Waals surface area contributed by atoms with Gasteiger partial charge in [-0.05, 0) is 49.4 Å². The highest BCUT2D eigenvalue weighted by atomic mass is 32.1. The molecular formula is C22H26N2O4S. The summed E-state index contributed by atoms with van der Waals surface area (Å²) in [5, 5.41) is 0. The average Bonchev–Trinajstić information content (AvgIpc) is 3.09. The van der Waals surface area contributed by atoms with Crippen molar-refractivity contribution in [2.75, 3.05) is 18.1 Å². The number of nitrogens with two attached hydrogens (primary N) is 1. The first-order chi connectivity index (χ1) is 14.0. The summed E-state index contributed by atoms with van der Waals surface area (Å²) in [5.74, 6) is -1.36. The molecule has 2 aromatic rings. The molecule has 154 valence electrons. The Balaban J connectivity index is 1.63. The maximum Gasteiger partial charge on any atom is 0.348 e. The van der Waals surface area contributed by atoms with E-state index in [1.807, 2.05) is 12.1 Å². The first-order valence-electron chi connectivity index (χ1n) is 9.97. The molecule has 0 saturated carbocycles. The third-order valence-corrected chi connectivity index (χ3v) is 6.19. The van der Waals surface area contributed by atoms with E-state index >= 15 is 0 Å². The summed E-state index contributed by atoms with van der Waals surface area (Å²) in [6, 6.07) is 10.9. The summed E-state index contributed by atoms with van der Waals surface area (Å²) in [6.45, 7) is -0.238. The average molecular weight is 415 g/mol. The number of carbonyl (C=O) groups excluding carboxylic acids is 3. The number of para-hydroxylation sites is 1. The van der Waals surface area contributed by atoms with Crippen LogP contribution < -0.4 is 10.6 Å². The number of benzene rings is 1. The van der Waals surface area contributed by atoms with E-state index in [9.17, 15) is 14.4 Å². The Hall–Kier alpha value is -2.67. The van der Waals surface area contributed by atoms with Crippen molar-refractivity contribution in [2.45, 2.75) is 44.9 Å². The quantitative estimate of drug-likeness (QED) is 0.703. The van der Waals surface area contributed by atoms with Gasteiger partial charge >= 0.3 is 5.97 Å². The molecule has 1 aromatic carbocycles. The molecule has 0 unspecified atom stereocenters. The van der Waals surface area contributed by atoms with Gasteiger partial charge in [-0.1, -0.05) is 31.0 Å². The van der Waals surface area contributed by atoms with E-state index in [4.69, 9.17) is 10.5 Å². The molecule has 0 fully saturated rings. The van der Waals surface area contributed by atoms with Gasteiger partial charge in [-0.2, -0.15) is 0 Å². The van der Waals surface area contributed by atoms with Crippen LogP contribution in [0.2, 0.25) is 0 Å². The summed E-state index contributed by atoms with van der Waals surface area (Å²) < 4.78 is 5.30. The third-order valence-electron chi connectivity index (χ3n) is 4.98. The highest BCUT2D eigenvalue weighted by Crippen LogP contribution is 2.29. The molecule has 1 aromatic heterocycles. The second kappa shape index (κ2) is 10.2. The number of carbonyl (C=O) groups is 3. The number of hydrogen-bond donors (Lipinski definition) is 1. The predicted octanol–water partition coefficient (Wildman–Crippen LogP) is 3.47. The number of rotatable bonds is 7. The molecule has 0 atom stereocenters. The topological polar surface area (TPSA) is 89.7 Å². The Morgan fingerprint density at radius 1 is 1.03 bits per heavy atom. The smallest absolute Gasteiger partial charge is 0.348 e. The largest absolute Gasteiger partial charge is 0.451 e. The molecule has 2 amide bonds. The lowest BCUT2D eigenvalue weighted by Gasteiger charge is -2.22. The Kier molecular flexibility index (Phi) is 7.41. The lowest BCUT2D eigenvalue weighted by Crippen LogP contribution is -2.37. The van der Waals surface area contributed by atoms with Crippen molar-refractivity contribution in [2.24, 2.45) is 5.73 Å². The van der Waals surface area contributed by atoms with Crippen molar-refractivity contribution in [3.05, 3.63) is 51.7 Å². The number of nitrogens with zero attached hydrogens (tertiary/aromatic N) is 1. The number of aryl methyl sites for hydroxylation is 2. The number of esters is 1. The van der Waals surface area contributed by atoms with Crippen LogP contribution in [0.25, 0.3) is 0 Å². The summed E-state index contributed by atoms with van der Waals surface area (Å²) in [6.07, 6.45) is 6.77. The summed E-state index contributed by atoms with van der Waals surface area (Å²) in [5.41, 5.74) is 7.10. The van der Waals surface area contributed by atoms with Gasteiger partial charge in [0.2, 0.25) is 5.91 Å². The standard InChI is InChI=1S/C22H26N2O4S/c23-20(25)12-13-24(17-9-5-3-6-10-17)21(26)15-28-22(27)19-14-16-8-4-1-2-7-11-18(16)29-19/h3,5-6,9-10,14H,1-2,4,7-8,11-13,15H2,(H2,23,25). The molecule has 0 spiro atoms. The van der Waals surface area contributed by atoms with Gasteiger partial charge in [0.1, 0.15) is 4.88 Å². The van der Waals surface area contributed by atoms with E-state index in [-0.39, 0.29) is 25.5 Å². The number of fused-ring (bicyclic) bond motifs is 1. The van der Waals surface area contributed by atoms with Crippen molar-refractivity contribution in [1.29, 1.82) is 0 Å². The lowest BCUT2D eigenvalue weighted by atomic mass is 10.00. The molecule has 7 heteroatoms. The maximum absolute atomic E-state index is 12.7. The van der Waals surface area contributed by atoms with Crippen LogP contribution >= 0.6 is 11.3 Å². The predicted molar refractivity (Wildman–Crippen MR) is 113 cm³/mol. The Labute approximate surface area is 174 Å². The van der Waals surface area contributed by atoms with Gasteiger partial charge in [-0.15, -0.1) is 11.3 Å². The van der Waals surface area contributed by atoms with Crippen LogP contribution in [0, 0.1) is 0 Å². The van der Waals surface area contributed by atoms with Crippen molar-refractivity contribution in [3.8, 4) is 0 Å². The van der Waals surface area contributed by atoms with Gasteiger partial charge < -0.3 is 15.4 Å². The monoisotopic (exact) mass is 414 g/mol. The highest BCUT2D eigenvalue weighted by molar-refractivity contribution is 7.14. The number of amides is 2. The minimum absolute atomic E-state index is 0.0340. The van der Waals surface area contributed by atoms with Gasteiger partial charge in [0.25, 0.3) is 5.91 Å². The maximum atomic E-state index is 12.7. The van der Waals surface area contributed by atoms with Gasteiger partial charge in [0.15, 0.2) is 6.61 Å². The van der Waals surface area contributed by atoms with E-state index in [1.54, 1.807) is 24.3 Å². The van der Waals surface area contributed by atoms with E-state index < -0.39 is 11.9 Å². The van der Waals surface area contributed by atoms with Gasteiger partial charge in [0, 0.05) is 23.5 Å². The second-order valence-electron chi connectivity index (χ2n) is 7.15.